The van der Waals surface area contributed by atoms with Crippen LogP contribution in [-0.4, -0.2) is 29.8 Å². The van der Waals surface area contributed by atoms with E-state index in [0.29, 0.717) is 30.3 Å². The molecule has 0 spiro atoms. The lowest BCUT2D eigenvalue weighted by atomic mass is 9.90. The molecule has 3 aromatic carbocycles. The van der Waals surface area contributed by atoms with E-state index < -0.39 is 0 Å². The predicted molar refractivity (Wildman–Crippen MR) is 128 cm³/mol. The van der Waals surface area contributed by atoms with Crippen LogP contribution < -0.4 is 5.32 Å². The molecule has 1 heterocycles. The van der Waals surface area contributed by atoms with Crippen molar-refractivity contribution in [3.8, 4) is 0 Å². The normalized spacial score (nSPS) is 14.8. The Morgan fingerprint density at radius 2 is 1.38 bits per heavy atom. The van der Waals surface area contributed by atoms with E-state index in [2.05, 4.69) is 29.6 Å². The van der Waals surface area contributed by atoms with Crippen molar-refractivity contribution in [3.05, 3.63) is 113 Å². The minimum atomic E-state index is -0.278. The van der Waals surface area contributed by atoms with Crippen LogP contribution in [0, 0.1) is 5.92 Å². The number of nitrogens with one attached hydrogen (secondary N) is 1. The van der Waals surface area contributed by atoms with Gasteiger partial charge in [-0.15, -0.1) is 0 Å². The Morgan fingerprint density at radius 1 is 0.812 bits per heavy atom. The van der Waals surface area contributed by atoms with Gasteiger partial charge in [0.2, 0.25) is 0 Å². The molecule has 0 aromatic heterocycles. The molecule has 1 saturated heterocycles. The highest BCUT2D eigenvalue weighted by atomic mass is 16.2. The van der Waals surface area contributed by atoms with Gasteiger partial charge in [0.25, 0.3) is 11.8 Å². The van der Waals surface area contributed by atoms with Crippen molar-refractivity contribution in [2.45, 2.75) is 19.3 Å². The Hall–Kier alpha value is -3.66. The number of likely N-dealkylation sites (tertiary alicyclic amines) is 1. The first-order valence-electron chi connectivity index (χ1n) is 11.2. The minimum Gasteiger partial charge on any atom is -0.337 e. The van der Waals surface area contributed by atoms with Crippen molar-refractivity contribution in [1.82, 2.24) is 10.2 Å². The second-order valence-corrected chi connectivity index (χ2v) is 8.21. The minimum absolute atomic E-state index is 0.128. The topological polar surface area (TPSA) is 49.4 Å². The van der Waals surface area contributed by atoms with E-state index in [0.717, 1.165) is 24.8 Å². The molecule has 0 atom stereocenters. The zero-order valence-electron chi connectivity index (χ0n) is 18.1. The second-order valence-electron chi connectivity index (χ2n) is 8.21. The van der Waals surface area contributed by atoms with Gasteiger partial charge in [-0.25, -0.2) is 0 Å². The summed E-state index contributed by atoms with van der Waals surface area (Å²) in [4.78, 5) is 28.0. The number of carbonyl (C=O) groups excluding carboxylic acids is 2. The second kappa shape index (κ2) is 10.6. The molecular weight excluding hydrogens is 396 g/mol. The molecule has 32 heavy (non-hydrogen) atoms. The molecule has 4 nitrogen and oxygen atoms in total. The fourth-order valence-electron chi connectivity index (χ4n) is 4.11. The Balaban J connectivity index is 1.45. The number of hydrogen-bond donors (Lipinski definition) is 1. The number of benzene rings is 3. The standard InChI is InChI=1S/C28H28N2O2/c31-27(25-14-8-3-9-15-25)29-26(21-23-12-6-2-7-13-23)28(32)30-18-16-24(17-19-30)20-22-10-4-1-5-11-22/h1-15,21,24H,16-20H2,(H,29,31)/b26-21+. The number of piperidine rings is 1. The van der Waals surface area contributed by atoms with E-state index in [9.17, 15) is 9.59 Å². The van der Waals surface area contributed by atoms with Crippen molar-refractivity contribution in [3.63, 3.8) is 0 Å². The molecule has 0 bridgehead atoms. The molecule has 2 amide bonds. The zero-order valence-corrected chi connectivity index (χ0v) is 18.1. The molecule has 4 heteroatoms. The quantitative estimate of drug-likeness (QED) is 0.570. The van der Waals surface area contributed by atoms with Crippen LogP contribution in [-0.2, 0) is 11.2 Å². The lowest BCUT2D eigenvalue weighted by Gasteiger charge is -2.32. The SMILES string of the molecule is O=C(N/C(=C/c1ccccc1)C(=O)N1CCC(Cc2ccccc2)CC1)c1ccccc1. The average molecular weight is 425 g/mol. The van der Waals surface area contributed by atoms with Crippen LogP contribution in [0.25, 0.3) is 6.08 Å². The van der Waals surface area contributed by atoms with Crippen molar-refractivity contribution in [1.29, 1.82) is 0 Å². The fraction of sp³-hybridized carbons (Fsp3) is 0.214. The maximum atomic E-state index is 13.4. The Bertz CT molecular complexity index is 1050. The van der Waals surface area contributed by atoms with E-state index in [4.69, 9.17) is 0 Å². The summed E-state index contributed by atoms with van der Waals surface area (Å²) in [6.45, 7) is 1.40. The van der Waals surface area contributed by atoms with Crippen LogP contribution >= 0.6 is 0 Å². The molecule has 0 radical (unpaired) electrons. The Morgan fingerprint density at radius 3 is 2.00 bits per heavy atom. The lowest BCUT2D eigenvalue weighted by molar-refractivity contribution is -0.128. The molecule has 1 N–H and O–H groups in total. The first-order chi connectivity index (χ1) is 15.7. The van der Waals surface area contributed by atoms with Gasteiger partial charge in [-0.2, -0.15) is 0 Å². The van der Waals surface area contributed by atoms with Gasteiger partial charge in [0.05, 0.1) is 0 Å². The van der Waals surface area contributed by atoms with Crippen LogP contribution in [0.15, 0.2) is 96.7 Å². The monoisotopic (exact) mass is 424 g/mol. The molecule has 4 rings (SSSR count). The fourth-order valence-corrected chi connectivity index (χ4v) is 4.11. The van der Waals surface area contributed by atoms with Crippen molar-refractivity contribution < 1.29 is 9.59 Å². The van der Waals surface area contributed by atoms with Crippen LogP contribution in [0.2, 0.25) is 0 Å². The summed E-state index contributed by atoms with van der Waals surface area (Å²) >= 11 is 0. The van der Waals surface area contributed by atoms with Gasteiger partial charge in [0.15, 0.2) is 0 Å². The molecule has 1 fully saturated rings. The number of hydrogen-bond acceptors (Lipinski definition) is 2. The van der Waals surface area contributed by atoms with Crippen molar-refractivity contribution >= 4 is 17.9 Å². The van der Waals surface area contributed by atoms with E-state index >= 15 is 0 Å². The van der Waals surface area contributed by atoms with Crippen LogP contribution in [0.4, 0.5) is 0 Å². The summed E-state index contributed by atoms with van der Waals surface area (Å²) in [5.41, 5.74) is 3.06. The molecule has 0 aliphatic carbocycles. The number of rotatable bonds is 6. The summed E-state index contributed by atoms with van der Waals surface area (Å²) in [6, 6.07) is 29.1. The first-order valence-corrected chi connectivity index (χ1v) is 11.2. The molecule has 0 saturated carbocycles. The average Bonchev–Trinajstić information content (AvgIpc) is 2.85. The van der Waals surface area contributed by atoms with Crippen LogP contribution in [0.1, 0.15) is 34.3 Å². The highest BCUT2D eigenvalue weighted by molar-refractivity contribution is 6.05. The van der Waals surface area contributed by atoms with Gasteiger partial charge in [0, 0.05) is 18.7 Å². The third-order valence-electron chi connectivity index (χ3n) is 5.89. The molecule has 0 unspecified atom stereocenters. The van der Waals surface area contributed by atoms with Gasteiger partial charge < -0.3 is 10.2 Å². The van der Waals surface area contributed by atoms with Gasteiger partial charge in [-0.1, -0.05) is 78.9 Å². The maximum absolute atomic E-state index is 13.4. The largest absolute Gasteiger partial charge is 0.337 e. The number of nitrogens with zero attached hydrogens (tertiary/aromatic N) is 1. The van der Waals surface area contributed by atoms with Crippen LogP contribution in [0.3, 0.4) is 0 Å². The number of amides is 2. The smallest absolute Gasteiger partial charge is 0.270 e. The molecule has 1 aliphatic rings. The zero-order chi connectivity index (χ0) is 22.2. The summed E-state index contributed by atoms with van der Waals surface area (Å²) in [7, 11) is 0. The van der Waals surface area contributed by atoms with Crippen molar-refractivity contribution in [2.24, 2.45) is 5.92 Å². The summed E-state index contributed by atoms with van der Waals surface area (Å²) < 4.78 is 0. The summed E-state index contributed by atoms with van der Waals surface area (Å²) in [5, 5.41) is 2.86. The van der Waals surface area contributed by atoms with Gasteiger partial charge in [-0.05, 0) is 54.5 Å². The first kappa shape index (κ1) is 21.6. The van der Waals surface area contributed by atoms with Gasteiger partial charge in [-0.3, -0.25) is 9.59 Å². The molecule has 1 aliphatic heterocycles. The third kappa shape index (κ3) is 5.73. The molecule has 162 valence electrons. The lowest BCUT2D eigenvalue weighted by Crippen LogP contribution is -2.43. The molecule has 3 aromatic rings. The maximum Gasteiger partial charge on any atom is 0.270 e. The third-order valence-corrected chi connectivity index (χ3v) is 5.89. The highest BCUT2D eigenvalue weighted by Crippen LogP contribution is 2.23. The van der Waals surface area contributed by atoms with E-state index in [1.165, 1.54) is 5.56 Å². The van der Waals surface area contributed by atoms with Crippen molar-refractivity contribution in [2.75, 3.05) is 13.1 Å². The van der Waals surface area contributed by atoms with Crippen LogP contribution in [0.5, 0.6) is 0 Å². The Kier molecular flexibility index (Phi) is 7.13. The van der Waals surface area contributed by atoms with Gasteiger partial charge >= 0.3 is 0 Å². The van der Waals surface area contributed by atoms with E-state index in [-0.39, 0.29) is 11.8 Å². The summed E-state index contributed by atoms with van der Waals surface area (Å²) in [5.74, 6) is 0.165. The number of carbonyl (C=O) groups is 2. The predicted octanol–water partition coefficient (Wildman–Crippen LogP) is 4.94. The van der Waals surface area contributed by atoms with E-state index in [1.54, 1.807) is 18.2 Å². The van der Waals surface area contributed by atoms with E-state index in [1.807, 2.05) is 59.5 Å². The Labute approximate surface area is 189 Å². The van der Waals surface area contributed by atoms with Gasteiger partial charge in [0.1, 0.15) is 5.70 Å². The highest BCUT2D eigenvalue weighted by Gasteiger charge is 2.26. The molecular formula is C28H28N2O2. The summed E-state index contributed by atoms with van der Waals surface area (Å²) in [6.07, 6.45) is 4.73.